The number of imidazole rings is 1. The lowest BCUT2D eigenvalue weighted by Crippen LogP contribution is -2.09. The molecule has 160 valence electrons. The molecule has 0 spiro atoms. The molecule has 0 unspecified atom stereocenters. The summed E-state index contributed by atoms with van der Waals surface area (Å²) in [6.45, 7) is 4.07. The molecule has 0 radical (unpaired) electrons. The fourth-order valence-electron chi connectivity index (χ4n) is 3.86. The molecule has 0 fully saturated rings. The van der Waals surface area contributed by atoms with Gasteiger partial charge in [0.25, 0.3) is 0 Å². The lowest BCUT2D eigenvalue weighted by atomic mass is 10.0. The van der Waals surface area contributed by atoms with E-state index in [1.165, 1.54) is 7.11 Å². The van der Waals surface area contributed by atoms with Crippen molar-refractivity contribution < 1.29 is 14.3 Å². The molecule has 0 atom stereocenters. The third-order valence-corrected chi connectivity index (χ3v) is 5.32. The first kappa shape index (κ1) is 19.7. The van der Waals surface area contributed by atoms with E-state index < -0.39 is 0 Å². The predicted molar refractivity (Wildman–Crippen MR) is 125 cm³/mol. The van der Waals surface area contributed by atoms with Crippen molar-refractivity contribution >= 4 is 28.0 Å². The molecule has 2 aromatic heterocycles. The van der Waals surface area contributed by atoms with E-state index in [0.29, 0.717) is 22.8 Å². The minimum Gasteiger partial charge on any atom is -0.504 e. The number of aromatic hydroxyl groups is 1. The zero-order valence-corrected chi connectivity index (χ0v) is 17.9. The maximum absolute atomic E-state index is 9.96. The molecule has 0 bridgehead atoms. The van der Waals surface area contributed by atoms with Crippen LogP contribution < -0.4 is 15.5 Å². The summed E-state index contributed by atoms with van der Waals surface area (Å²) in [6.07, 6.45) is 0. The summed E-state index contributed by atoms with van der Waals surface area (Å²) in [5, 5.41) is 16.2. The third-order valence-electron chi connectivity index (χ3n) is 5.32. The summed E-state index contributed by atoms with van der Waals surface area (Å²) < 4.78 is 11.5. The average Bonchev–Trinajstić information content (AvgIpc) is 3.20. The number of phenols is 1. The summed E-state index contributed by atoms with van der Waals surface area (Å²) in [4.78, 5) is 7.75. The Balaban J connectivity index is 1.68. The van der Waals surface area contributed by atoms with Crippen molar-refractivity contribution in [3.63, 3.8) is 0 Å². The fraction of sp³-hybridized carbons (Fsp3) is 0.120. The number of nitrogens with one attached hydrogen (secondary N) is 2. The van der Waals surface area contributed by atoms with E-state index in [9.17, 15) is 5.11 Å². The van der Waals surface area contributed by atoms with Gasteiger partial charge in [-0.3, -0.25) is 0 Å². The number of aromatic amines is 1. The standard InChI is InChI=1S/C25H22N4O3/c1-14-10-15(2)24-19(28-29-25-26-17-6-4-5-7-18(17)27-25)13-21(32-23(24)11-14)16-8-9-20(30)22(12-16)31-3/h4-13,30H,1-3H3,(H2,26,27,29). The van der Waals surface area contributed by atoms with Gasteiger partial charge in [0.15, 0.2) is 11.5 Å². The summed E-state index contributed by atoms with van der Waals surface area (Å²) in [5.41, 5.74) is 8.48. The molecule has 3 N–H and O–H groups in total. The Kier molecular flexibility index (Phi) is 4.78. The van der Waals surface area contributed by atoms with Crippen LogP contribution in [0.15, 0.2) is 70.2 Å². The molecule has 0 saturated carbocycles. The number of fused-ring (bicyclic) bond motifs is 2. The number of rotatable bonds is 4. The molecule has 0 aliphatic carbocycles. The van der Waals surface area contributed by atoms with Crippen molar-refractivity contribution in [2.24, 2.45) is 5.10 Å². The predicted octanol–water partition coefficient (Wildman–Crippen LogP) is 5.23. The maximum Gasteiger partial charge on any atom is 0.222 e. The fourth-order valence-corrected chi connectivity index (χ4v) is 3.86. The molecule has 0 aliphatic rings. The molecule has 5 aromatic rings. The van der Waals surface area contributed by atoms with Gasteiger partial charge in [-0.2, -0.15) is 5.10 Å². The molecule has 32 heavy (non-hydrogen) atoms. The number of methoxy groups -OCH3 is 1. The Morgan fingerprint density at radius 3 is 2.72 bits per heavy atom. The van der Waals surface area contributed by atoms with Crippen LogP contribution in [0.5, 0.6) is 11.5 Å². The van der Waals surface area contributed by atoms with E-state index in [1.807, 2.05) is 50.2 Å². The lowest BCUT2D eigenvalue weighted by molar-refractivity contribution is 0.373. The first-order valence-corrected chi connectivity index (χ1v) is 10.2. The second kappa shape index (κ2) is 7.77. The number of nitrogens with zero attached hydrogens (tertiary/aromatic N) is 2. The minimum atomic E-state index is 0.0696. The highest BCUT2D eigenvalue weighted by Crippen LogP contribution is 2.32. The Morgan fingerprint density at radius 2 is 1.91 bits per heavy atom. The van der Waals surface area contributed by atoms with Gasteiger partial charge in [-0.05, 0) is 61.4 Å². The Labute approximate surface area is 184 Å². The number of aryl methyl sites for hydroxylation is 2. The summed E-state index contributed by atoms with van der Waals surface area (Å²) in [7, 11) is 1.51. The van der Waals surface area contributed by atoms with Gasteiger partial charge >= 0.3 is 0 Å². The molecule has 0 aliphatic heterocycles. The molecule has 2 heterocycles. The first-order chi connectivity index (χ1) is 15.5. The smallest absolute Gasteiger partial charge is 0.222 e. The quantitative estimate of drug-likeness (QED) is 0.342. The lowest BCUT2D eigenvalue weighted by Gasteiger charge is -2.10. The minimum absolute atomic E-state index is 0.0696. The van der Waals surface area contributed by atoms with Crippen molar-refractivity contribution in [2.75, 3.05) is 12.5 Å². The zero-order chi connectivity index (χ0) is 22.2. The van der Waals surface area contributed by atoms with E-state index in [-0.39, 0.29) is 5.75 Å². The van der Waals surface area contributed by atoms with Gasteiger partial charge in [-0.25, -0.2) is 10.4 Å². The molecule has 3 aromatic carbocycles. The first-order valence-electron chi connectivity index (χ1n) is 10.2. The molecule has 0 saturated heterocycles. The molecular formula is C25H22N4O3. The normalized spacial score (nSPS) is 11.9. The van der Waals surface area contributed by atoms with E-state index >= 15 is 0 Å². The highest BCUT2D eigenvalue weighted by molar-refractivity contribution is 5.83. The van der Waals surface area contributed by atoms with Crippen LogP contribution in [-0.2, 0) is 0 Å². The van der Waals surface area contributed by atoms with E-state index in [0.717, 1.165) is 38.7 Å². The summed E-state index contributed by atoms with van der Waals surface area (Å²) in [5.74, 6) is 1.60. The number of aromatic nitrogens is 2. The number of hydrogen-bond donors (Lipinski definition) is 3. The van der Waals surface area contributed by atoms with Gasteiger partial charge < -0.3 is 19.2 Å². The SMILES string of the molecule is COc1cc(-c2cc(=NNc3nc4ccccc4[nH]3)c3c(C)cc(C)cc3o2)ccc1O. The van der Waals surface area contributed by atoms with Crippen LogP contribution in [-0.4, -0.2) is 22.2 Å². The van der Waals surface area contributed by atoms with Crippen LogP contribution in [0, 0.1) is 13.8 Å². The van der Waals surface area contributed by atoms with Crippen molar-refractivity contribution in [2.45, 2.75) is 13.8 Å². The number of ether oxygens (including phenoxy) is 1. The van der Waals surface area contributed by atoms with Crippen LogP contribution in [0.3, 0.4) is 0 Å². The number of benzene rings is 3. The van der Waals surface area contributed by atoms with Gasteiger partial charge in [0, 0.05) is 17.0 Å². The van der Waals surface area contributed by atoms with Crippen LogP contribution in [0.1, 0.15) is 11.1 Å². The van der Waals surface area contributed by atoms with Gasteiger partial charge in [-0.15, -0.1) is 0 Å². The highest BCUT2D eigenvalue weighted by atomic mass is 16.5. The number of anilines is 1. The molecule has 5 rings (SSSR count). The summed E-state index contributed by atoms with van der Waals surface area (Å²) >= 11 is 0. The van der Waals surface area contributed by atoms with Gasteiger partial charge in [0.05, 0.1) is 23.5 Å². The largest absolute Gasteiger partial charge is 0.504 e. The van der Waals surface area contributed by atoms with E-state index in [1.54, 1.807) is 18.2 Å². The second-order valence-electron chi connectivity index (χ2n) is 7.66. The van der Waals surface area contributed by atoms with Crippen molar-refractivity contribution in [1.82, 2.24) is 9.97 Å². The summed E-state index contributed by atoms with van der Waals surface area (Å²) in [6, 6.07) is 18.9. The molecule has 7 nitrogen and oxygen atoms in total. The van der Waals surface area contributed by atoms with Crippen LogP contribution in [0.25, 0.3) is 33.3 Å². The maximum atomic E-state index is 9.96. The van der Waals surface area contributed by atoms with Crippen LogP contribution >= 0.6 is 0 Å². The van der Waals surface area contributed by atoms with Crippen molar-refractivity contribution in [3.8, 4) is 22.8 Å². The van der Waals surface area contributed by atoms with Crippen molar-refractivity contribution in [3.05, 3.63) is 77.1 Å². The Hall–Kier alpha value is -4.26. The van der Waals surface area contributed by atoms with E-state index in [4.69, 9.17) is 9.15 Å². The van der Waals surface area contributed by atoms with Gasteiger partial charge in [0.2, 0.25) is 5.95 Å². The Morgan fingerprint density at radius 1 is 1.06 bits per heavy atom. The van der Waals surface area contributed by atoms with Gasteiger partial charge in [0.1, 0.15) is 11.3 Å². The van der Waals surface area contributed by atoms with Crippen LogP contribution in [0.4, 0.5) is 5.95 Å². The zero-order valence-electron chi connectivity index (χ0n) is 17.9. The van der Waals surface area contributed by atoms with Gasteiger partial charge in [-0.1, -0.05) is 18.2 Å². The number of H-pyrrole nitrogens is 1. The highest BCUT2D eigenvalue weighted by Gasteiger charge is 2.12. The van der Waals surface area contributed by atoms with E-state index in [2.05, 4.69) is 26.6 Å². The third kappa shape index (κ3) is 3.54. The second-order valence-corrected chi connectivity index (χ2v) is 7.66. The molecule has 0 amide bonds. The van der Waals surface area contributed by atoms with Crippen LogP contribution in [0.2, 0.25) is 0 Å². The Bertz CT molecular complexity index is 1500. The average molecular weight is 426 g/mol. The topological polar surface area (TPSA) is 95.7 Å². The monoisotopic (exact) mass is 426 g/mol. The molecule has 7 heteroatoms. The number of para-hydroxylation sites is 2. The number of phenolic OH excluding ortho intramolecular Hbond substituents is 1. The molecular weight excluding hydrogens is 404 g/mol. The number of hydrogen-bond acceptors (Lipinski definition) is 6. The van der Waals surface area contributed by atoms with Crippen molar-refractivity contribution in [1.29, 1.82) is 0 Å².